The summed E-state index contributed by atoms with van der Waals surface area (Å²) in [5, 5.41) is 11.1. The Bertz CT molecular complexity index is 522. The fourth-order valence-corrected chi connectivity index (χ4v) is 2.59. The SMILES string of the molecule is CC(C)CN1C=NC2=CN(O)c3ccccc3C21. The number of fused-ring (bicyclic) bond motifs is 3. The van der Waals surface area contributed by atoms with Crippen LogP contribution in [0.15, 0.2) is 41.2 Å². The molecule has 94 valence electrons. The summed E-state index contributed by atoms with van der Waals surface area (Å²) in [7, 11) is 0. The number of benzene rings is 1. The first-order valence-electron chi connectivity index (χ1n) is 6.25. The topological polar surface area (TPSA) is 39.1 Å². The molecule has 2 aliphatic rings. The van der Waals surface area contributed by atoms with Crippen molar-refractivity contribution < 1.29 is 5.21 Å². The Morgan fingerprint density at radius 1 is 1.33 bits per heavy atom. The first kappa shape index (κ1) is 11.3. The molecule has 0 amide bonds. The molecular weight excluding hydrogens is 226 g/mol. The molecule has 1 unspecified atom stereocenters. The van der Waals surface area contributed by atoms with Crippen molar-refractivity contribution >= 4 is 12.0 Å². The Hall–Kier alpha value is -1.81. The predicted molar refractivity (Wildman–Crippen MR) is 71.6 cm³/mol. The van der Waals surface area contributed by atoms with Gasteiger partial charge in [-0.05, 0) is 12.0 Å². The van der Waals surface area contributed by atoms with E-state index in [-0.39, 0.29) is 6.04 Å². The first-order valence-corrected chi connectivity index (χ1v) is 6.25. The van der Waals surface area contributed by atoms with Gasteiger partial charge in [-0.25, -0.2) is 10.1 Å². The summed E-state index contributed by atoms with van der Waals surface area (Å²) < 4.78 is 0. The molecule has 0 spiro atoms. The summed E-state index contributed by atoms with van der Waals surface area (Å²) in [5.74, 6) is 0.579. The van der Waals surface area contributed by atoms with Gasteiger partial charge < -0.3 is 4.90 Å². The van der Waals surface area contributed by atoms with Gasteiger partial charge in [0.15, 0.2) is 0 Å². The van der Waals surface area contributed by atoms with E-state index in [9.17, 15) is 5.21 Å². The number of hydroxylamine groups is 1. The van der Waals surface area contributed by atoms with Gasteiger partial charge in [-0.3, -0.25) is 5.21 Å². The van der Waals surface area contributed by atoms with E-state index in [0.717, 1.165) is 28.6 Å². The van der Waals surface area contributed by atoms with E-state index in [0.29, 0.717) is 5.92 Å². The lowest BCUT2D eigenvalue weighted by atomic mass is 9.98. The molecule has 1 atom stereocenters. The second-order valence-electron chi connectivity index (χ2n) is 5.20. The van der Waals surface area contributed by atoms with Crippen molar-refractivity contribution in [2.45, 2.75) is 19.9 Å². The predicted octanol–water partition coefficient (Wildman–Crippen LogP) is 2.78. The molecule has 2 heterocycles. The van der Waals surface area contributed by atoms with Crippen LogP contribution >= 0.6 is 0 Å². The van der Waals surface area contributed by atoms with Gasteiger partial charge in [0.05, 0.1) is 23.9 Å². The monoisotopic (exact) mass is 243 g/mol. The van der Waals surface area contributed by atoms with E-state index < -0.39 is 0 Å². The molecule has 4 nitrogen and oxygen atoms in total. The van der Waals surface area contributed by atoms with Crippen molar-refractivity contribution in [3.05, 3.63) is 41.7 Å². The smallest absolute Gasteiger partial charge is 0.101 e. The number of nitrogens with zero attached hydrogens (tertiary/aromatic N) is 3. The van der Waals surface area contributed by atoms with Gasteiger partial charge in [0.1, 0.15) is 6.04 Å². The van der Waals surface area contributed by atoms with Gasteiger partial charge in [0.25, 0.3) is 0 Å². The Labute approximate surface area is 107 Å². The normalized spacial score (nSPS) is 21.1. The van der Waals surface area contributed by atoms with Crippen LogP contribution in [0.25, 0.3) is 0 Å². The number of para-hydroxylation sites is 1. The van der Waals surface area contributed by atoms with E-state index in [2.05, 4.69) is 29.8 Å². The molecule has 0 aliphatic carbocycles. The fourth-order valence-electron chi connectivity index (χ4n) is 2.59. The minimum atomic E-state index is 0.145. The summed E-state index contributed by atoms with van der Waals surface area (Å²) >= 11 is 0. The van der Waals surface area contributed by atoms with Gasteiger partial charge >= 0.3 is 0 Å². The summed E-state index contributed by atoms with van der Waals surface area (Å²) in [4.78, 5) is 6.64. The Kier molecular flexibility index (Phi) is 2.59. The van der Waals surface area contributed by atoms with Crippen molar-refractivity contribution in [1.82, 2.24) is 4.90 Å². The average molecular weight is 243 g/mol. The third-order valence-electron chi connectivity index (χ3n) is 3.28. The fraction of sp³-hybridized carbons (Fsp3) is 0.357. The third kappa shape index (κ3) is 1.69. The van der Waals surface area contributed by atoms with E-state index in [1.807, 2.05) is 24.5 Å². The van der Waals surface area contributed by atoms with Crippen molar-refractivity contribution in [3.63, 3.8) is 0 Å². The molecule has 18 heavy (non-hydrogen) atoms. The van der Waals surface area contributed by atoms with Gasteiger partial charge in [-0.2, -0.15) is 0 Å². The second kappa shape index (κ2) is 4.14. The van der Waals surface area contributed by atoms with Crippen LogP contribution < -0.4 is 5.06 Å². The number of rotatable bonds is 2. The highest BCUT2D eigenvalue weighted by molar-refractivity contribution is 5.70. The molecule has 0 bridgehead atoms. The minimum absolute atomic E-state index is 0.145. The Morgan fingerprint density at radius 2 is 2.11 bits per heavy atom. The zero-order chi connectivity index (χ0) is 12.7. The molecule has 0 fully saturated rings. The van der Waals surface area contributed by atoms with Crippen LogP contribution in [0.5, 0.6) is 0 Å². The van der Waals surface area contributed by atoms with Crippen LogP contribution in [0, 0.1) is 5.92 Å². The largest absolute Gasteiger partial charge is 0.349 e. The highest BCUT2D eigenvalue weighted by Gasteiger charge is 2.33. The maximum absolute atomic E-state index is 9.94. The van der Waals surface area contributed by atoms with Gasteiger partial charge in [-0.15, -0.1) is 0 Å². The third-order valence-corrected chi connectivity index (χ3v) is 3.28. The Morgan fingerprint density at radius 3 is 2.89 bits per heavy atom. The number of anilines is 1. The quantitative estimate of drug-likeness (QED) is 0.868. The lowest BCUT2D eigenvalue weighted by Crippen LogP contribution is -2.31. The molecule has 0 aromatic heterocycles. The Balaban J connectivity index is 2.01. The van der Waals surface area contributed by atoms with Crippen LogP contribution in [0.4, 0.5) is 5.69 Å². The molecule has 2 aliphatic heterocycles. The zero-order valence-corrected chi connectivity index (χ0v) is 10.6. The standard InChI is InChI=1S/C14H17N3O/c1-10(2)7-16-9-15-12-8-17(18)13-6-4-3-5-11(13)14(12)16/h3-6,8-10,14,18H,7H2,1-2H3. The molecule has 1 aromatic rings. The van der Waals surface area contributed by atoms with Crippen LogP contribution in [-0.2, 0) is 0 Å². The molecule has 3 rings (SSSR count). The highest BCUT2D eigenvalue weighted by Crippen LogP contribution is 2.41. The summed E-state index contributed by atoms with van der Waals surface area (Å²) in [6, 6.07) is 8.06. The number of aliphatic imine (C=N–C) groups is 1. The number of hydrogen-bond donors (Lipinski definition) is 1. The molecule has 0 saturated heterocycles. The maximum atomic E-state index is 9.94. The van der Waals surface area contributed by atoms with Crippen molar-refractivity contribution in [3.8, 4) is 0 Å². The lowest BCUT2D eigenvalue weighted by molar-refractivity contribution is 0.278. The molecule has 0 radical (unpaired) electrons. The second-order valence-corrected chi connectivity index (χ2v) is 5.20. The van der Waals surface area contributed by atoms with Crippen LogP contribution in [0.2, 0.25) is 0 Å². The van der Waals surface area contributed by atoms with E-state index >= 15 is 0 Å². The van der Waals surface area contributed by atoms with Crippen molar-refractivity contribution in [2.24, 2.45) is 10.9 Å². The van der Waals surface area contributed by atoms with E-state index in [1.165, 1.54) is 0 Å². The first-order chi connectivity index (χ1) is 8.66. The van der Waals surface area contributed by atoms with E-state index in [4.69, 9.17) is 0 Å². The molecule has 1 aromatic carbocycles. The minimum Gasteiger partial charge on any atom is -0.349 e. The summed E-state index contributed by atoms with van der Waals surface area (Å²) in [6.07, 6.45) is 3.58. The van der Waals surface area contributed by atoms with Crippen molar-refractivity contribution in [2.75, 3.05) is 11.6 Å². The molecular formula is C14H17N3O. The van der Waals surface area contributed by atoms with Crippen molar-refractivity contribution in [1.29, 1.82) is 0 Å². The van der Waals surface area contributed by atoms with Crippen LogP contribution in [0.3, 0.4) is 0 Å². The molecule has 4 heteroatoms. The van der Waals surface area contributed by atoms with Gasteiger partial charge in [0, 0.05) is 12.1 Å². The summed E-state index contributed by atoms with van der Waals surface area (Å²) in [5.41, 5.74) is 2.85. The lowest BCUT2D eigenvalue weighted by Gasteiger charge is -2.32. The number of hydrogen-bond acceptors (Lipinski definition) is 4. The molecule has 1 N–H and O–H groups in total. The summed E-state index contributed by atoms with van der Waals surface area (Å²) in [6.45, 7) is 5.36. The van der Waals surface area contributed by atoms with Gasteiger partial charge in [-0.1, -0.05) is 32.0 Å². The van der Waals surface area contributed by atoms with E-state index in [1.54, 1.807) is 6.20 Å². The molecule has 0 saturated carbocycles. The zero-order valence-electron chi connectivity index (χ0n) is 10.6. The van der Waals surface area contributed by atoms with Crippen LogP contribution in [0.1, 0.15) is 25.5 Å². The maximum Gasteiger partial charge on any atom is 0.101 e. The van der Waals surface area contributed by atoms with Gasteiger partial charge in [0.2, 0.25) is 0 Å². The van der Waals surface area contributed by atoms with Crippen LogP contribution in [-0.4, -0.2) is 23.0 Å². The highest BCUT2D eigenvalue weighted by atomic mass is 16.5. The average Bonchev–Trinajstić information content (AvgIpc) is 2.72.